The monoisotopic (exact) mass is 604 g/mol. The molecule has 1 aliphatic heterocycles. The Kier molecular flexibility index (Phi) is 12.6. The van der Waals surface area contributed by atoms with Gasteiger partial charge in [-0.2, -0.15) is 0 Å². The largest absolute Gasteiger partial charge is 0.277 e. The lowest BCUT2D eigenvalue weighted by Crippen LogP contribution is -2.37. The van der Waals surface area contributed by atoms with Crippen molar-refractivity contribution < 1.29 is 0 Å². The Morgan fingerprint density at radius 1 is 0.556 bits per heavy atom. The van der Waals surface area contributed by atoms with Crippen LogP contribution in [0.25, 0.3) is 6.08 Å². The van der Waals surface area contributed by atoms with E-state index in [4.69, 9.17) is 0 Å². The Balaban J connectivity index is 1.41. The molecule has 45 heavy (non-hydrogen) atoms. The number of hydrogen-bond donors (Lipinski definition) is 0. The second kappa shape index (κ2) is 16.3. The summed E-state index contributed by atoms with van der Waals surface area (Å²) in [6.45, 7) is 16.8. The minimum atomic E-state index is 0.130. The van der Waals surface area contributed by atoms with E-state index in [-0.39, 0.29) is 10.8 Å². The summed E-state index contributed by atoms with van der Waals surface area (Å²) < 4.78 is 0. The average molecular weight is 605 g/mol. The molecule has 1 aliphatic rings. The van der Waals surface area contributed by atoms with Gasteiger partial charge in [-0.1, -0.05) is 161 Å². The molecule has 1 heterocycles. The van der Waals surface area contributed by atoms with Crippen molar-refractivity contribution in [2.75, 3.05) is 16.6 Å². The smallest absolute Gasteiger partial charge is 0.0633 e. The van der Waals surface area contributed by atoms with Crippen LogP contribution in [-0.2, 0) is 17.3 Å². The molecule has 3 aromatic carbocycles. The Bertz CT molecular complexity index is 1350. The van der Waals surface area contributed by atoms with Crippen LogP contribution in [0.2, 0.25) is 0 Å². The highest BCUT2D eigenvalue weighted by Gasteiger charge is 2.25. The Labute approximate surface area is 276 Å². The van der Waals surface area contributed by atoms with E-state index in [1.165, 1.54) is 110 Å². The predicted octanol–water partition coefficient (Wildman–Crippen LogP) is 12.6. The maximum absolute atomic E-state index is 2.40. The summed E-state index contributed by atoms with van der Waals surface area (Å²) in [6.07, 6.45) is 21.9. The number of hydrogen-bond acceptors (Lipinski definition) is 2. The highest BCUT2D eigenvalue weighted by Crippen LogP contribution is 2.34. The van der Waals surface area contributed by atoms with E-state index in [9.17, 15) is 0 Å². The molecule has 0 aliphatic carbocycles. The van der Waals surface area contributed by atoms with Gasteiger partial charge in [0.1, 0.15) is 0 Å². The summed E-state index contributed by atoms with van der Waals surface area (Å²) in [7, 11) is 0. The van der Waals surface area contributed by atoms with Crippen LogP contribution in [0.15, 0.2) is 90.6 Å². The molecule has 2 heteroatoms. The third-order valence-electron chi connectivity index (χ3n) is 9.21. The zero-order valence-corrected chi connectivity index (χ0v) is 29.5. The van der Waals surface area contributed by atoms with E-state index in [2.05, 4.69) is 150 Å². The van der Waals surface area contributed by atoms with Crippen molar-refractivity contribution in [1.82, 2.24) is 0 Å². The first-order valence-electron chi connectivity index (χ1n) is 17.8. The van der Waals surface area contributed by atoms with Gasteiger partial charge in [-0.05, 0) is 82.3 Å². The molecule has 4 rings (SSSR count). The third kappa shape index (κ3) is 10.4. The van der Waals surface area contributed by atoms with Gasteiger partial charge in [0.2, 0.25) is 0 Å². The summed E-state index contributed by atoms with van der Waals surface area (Å²) in [4.78, 5) is 0. The summed E-state index contributed by atoms with van der Waals surface area (Å²) in [5.41, 5.74) is 9.31. The summed E-state index contributed by atoms with van der Waals surface area (Å²) >= 11 is 0. The summed E-state index contributed by atoms with van der Waals surface area (Å²) in [6, 6.07) is 27.4. The van der Waals surface area contributed by atoms with Crippen molar-refractivity contribution in [2.45, 2.75) is 130 Å². The lowest BCUT2D eigenvalue weighted by atomic mass is 9.87. The minimum Gasteiger partial charge on any atom is -0.277 e. The van der Waals surface area contributed by atoms with Crippen molar-refractivity contribution in [1.29, 1.82) is 0 Å². The molecule has 0 saturated heterocycles. The second-order valence-corrected chi connectivity index (χ2v) is 15.1. The van der Waals surface area contributed by atoms with Gasteiger partial charge in [-0.3, -0.25) is 10.0 Å². The number of allylic oxidation sites excluding steroid dienone is 1. The molecule has 0 aromatic heterocycles. The Morgan fingerprint density at radius 3 is 1.58 bits per heavy atom. The first kappa shape index (κ1) is 34.6. The number of rotatable bonds is 15. The van der Waals surface area contributed by atoms with Gasteiger partial charge < -0.3 is 0 Å². The lowest BCUT2D eigenvalue weighted by molar-refractivity contribution is 0.556. The lowest BCUT2D eigenvalue weighted by Gasteiger charge is -2.34. The fourth-order valence-corrected chi connectivity index (χ4v) is 6.17. The predicted molar refractivity (Wildman–Crippen MR) is 199 cm³/mol. The zero-order valence-electron chi connectivity index (χ0n) is 29.5. The molecule has 0 N–H and O–H groups in total. The van der Waals surface area contributed by atoms with Crippen molar-refractivity contribution in [3.05, 3.63) is 113 Å². The number of aryl methyl sites for hydroxylation is 1. The molecule has 0 atom stereocenters. The normalized spacial score (nSPS) is 14.1. The van der Waals surface area contributed by atoms with Crippen LogP contribution in [0.5, 0.6) is 0 Å². The van der Waals surface area contributed by atoms with Gasteiger partial charge in [0, 0.05) is 0 Å². The molecule has 0 fully saturated rings. The maximum atomic E-state index is 2.40. The van der Waals surface area contributed by atoms with Crippen molar-refractivity contribution in [3.8, 4) is 0 Å². The van der Waals surface area contributed by atoms with Crippen LogP contribution in [0, 0.1) is 0 Å². The second-order valence-electron chi connectivity index (χ2n) is 15.1. The highest BCUT2D eigenvalue weighted by molar-refractivity contribution is 5.69. The molecule has 3 aromatic rings. The van der Waals surface area contributed by atoms with Gasteiger partial charge in [-0.15, -0.1) is 0 Å². The number of benzene rings is 3. The Hall–Kier alpha value is -3.26. The van der Waals surface area contributed by atoms with E-state index < -0.39 is 0 Å². The number of unbranched alkanes of at least 4 members (excludes halogenated alkanes) is 9. The molecule has 0 spiro atoms. The summed E-state index contributed by atoms with van der Waals surface area (Å²) in [5, 5.41) is 4.78. The van der Waals surface area contributed by atoms with Crippen molar-refractivity contribution >= 4 is 17.5 Å². The van der Waals surface area contributed by atoms with Gasteiger partial charge in [0.05, 0.1) is 23.6 Å². The average Bonchev–Trinajstić information content (AvgIpc) is 3.44. The SMILES string of the molecule is CCCCCCCCCCCCc1ccc(N2CC=C(C=Cc3ccc(C(C)(C)C)cc3)N2c2ccc(C(C)(C)C)cc2)cc1. The van der Waals surface area contributed by atoms with Gasteiger partial charge in [0.15, 0.2) is 0 Å². The van der Waals surface area contributed by atoms with Crippen LogP contribution in [0.1, 0.15) is 135 Å². The fourth-order valence-electron chi connectivity index (χ4n) is 6.17. The molecular weight excluding hydrogens is 544 g/mol. The number of anilines is 2. The highest BCUT2D eigenvalue weighted by atomic mass is 15.6. The van der Waals surface area contributed by atoms with E-state index in [1.54, 1.807) is 0 Å². The topological polar surface area (TPSA) is 6.48 Å². The van der Waals surface area contributed by atoms with Gasteiger partial charge >= 0.3 is 0 Å². The van der Waals surface area contributed by atoms with Crippen LogP contribution in [0.4, 0.5) is 11.4 Å². The first-order chi connectivity index (χ1) is 21.6. The van der Waals surface area contributed by atoms with Crippen LogP contribution >= 0.6 is 0 Å². The van der Waals surface area contributed by atoms with Gasteiger partial charge in [0.25, 0.3) is 0 Å². The van der Waals surface area contributed by atoms with E-state index in [1.807, 2.05) is 0 Å². The molecule has 0 unspecified atom stereocenters. The first-order valence-corrected chi connectivity index (χ1v) is 17.8. The quantitative estimate of drug-likeness (QED) is 0.159. The molecule has 0 bridgehead atoms. The molecule has 242 valence electrons. The minimum absolute atomic E-state index is 0.130. The number of nitrogens with zero attached hydrogens (tertiary/aromatic N) is 2. The van der Waals surface area contributed by atoms with Crippen LogP contribution < -0.4 is 10.0 Å². The molecule has 0 radical (unpaired) electrons. The molecule has 0 saturated carbocycles. The van der Waals surface area contributed by atoms with Crippen LogP contribution in [-0.4, -0.2) is 6.54 Å². The van der Waals surface area contributed by atoms with Crippen LogP contribution in [0.3, 0.4) is 0 Å². The van der Waals surface area contributed by atoms with E-state index in [0.717, 1.165) is 6.54 Å². The molecular formula is C43H60N2. The van der Waals surface area contributed by atoms with E-state index >= 15 is 0 Å². The number of hydrazine groups is 1. The van der Waals surface area contributed by atoms with Gasteiger partial charge in [-0.25, -0.2) is 0 Å². The third-order valence-corrected chi connectivity index (χ3v) is 9.21. The zero-order chi connectivity index (χ0) is 32.3. The standard InChI is InChI=1S/C43H60N2/c1-8-9-10-11-12-13-14-15-16-17-18-35-21-28-39(29-22-35)44-34-33-41(30-23-36-19-24-37(25-20-36)42(2,3)4)45(44)40-31-26-38(27-32-40)43(5,6)7/h19-33H,8-18,34H2,1-7H3. The fraction of sp³-hybridized carbons (Fsp3) is 0.488. The summed E-state index contributed by atoms with van der Waals surface area (Å²) in [5.74, 6) is 0. The van der Waals surface area contributed by atoms with Crippen molar-refractivity contribution in [3.63, 3.8) is 0 Å². The molecule has 0 amide bonds. The van der Waals surface area contributed by atoms with E-state index in [0.29, 0.717) is 0 Å². The molecule has 2 nitrogen and oxygen atoms in total. The Morgan fingerprint density at radius 2 is 1.04 bits per heavy atom. The van der Waals surface area contributed by atoms with Crippen molar-refractivity contribution in [2.24, 2.45) is 0 Å². The maximum Gasteiger partial charge on any atom is 0.0633 e.